The minimum Gasteiger partial charge on any atom is -0.0788 e. The van der Waals surface area contributed by atoms with Gasteiger partial charge in [0.1, 0.15) is 0 Å². The van der Waals surface area contributed by atoms with Crippen LogP contribution in [0.3, 0.4) is 0 Å². The fraction of sp³-hybridized carbons (Fsp3) is 1.00. The Morgan fingerprint density at radius 3 is 1.91 bits per heavy atom. The summed E-state index contributed by atoms with van der Waals surface area (Å²) in [6, 6.07) is 0. The molecule has 64 valence electrons. The van der Waals surface area contributed by atoms with Crippen LogP contribution in [0.5, 0.6) is 0 Å². The van der Waals surface area contributed by atoms with Crippen LogP contribution >= 0.6 is 22.6 Å². The SMILES string of the molecule is CCC(CC)C12CC(I)(C1)C2. The lowest BCUT2D eigenvalue weighted by Gasteiger charge is -2.71. The first-order valence-corrected chi connectivity index (χ1v) is 5.91. The second-order valence-corrected chi connectivity index (χ2v) is 6.85. The maximum absolute atomic E-state index is 2.67. The van der Waals surface area contributed by atoms with Crippen molar-refractivity contribution in [3.05, 3.63) is 0 Å². The Labute approximate surface area is 83.3 Å². The fourth-order valence-corrected chi connectivity index (χ4v) is 5.60. The van der Waals surface area contributed by atoms with E-state index in [0.29, 0.717) is 0 Å². The first-order valence-electron chi connectivity index (χ1n) is 4.83. The van der Waals surface area contributed by atoms with Gasteiger partial charge >= 0.3 is 0 Å². The summed E-state index contributed by atoms with van der Waals surface area (Å²) >= 11 is 2.67. The van der Waals surface area contributed by atoms with Crippen LogP contribution in [0, 0.1) is 11.3 Å². The third kappa shape index (κ3) is 0.991. The number of hydrogen-bond acceptors (Lipinski definition) is 0. The van der Waals surface area contributed by atoms with Crippen molar-refractivity contribution in [2.24, 2.45) is 11.3 Å². The van der Waals surface area contributed by atoms with E-state index in [-0.39, 0.29) is 0 Å². The average molecular weight is 264 g/mol. The molecule has 0 spiro atoms. The van der Waals surface area contributed by atoms with Crippen molar-refractivity contribution in [2.75, 3.05) is 0 Å². The lowest BCUT2D eigenvalue weighted by molar-refractivity contribution is -0.116. The smallest absolute Gasteiger partial charge is 0.0238 e. The van der Waals surface area contributed by atoms with Crippen LogP contribution in [0.4, 0.5) is 0 Å². The molecule has 0 aromatic carbocycles. The van der Waals surface area contributed by atoms with Gasteiger partial charge in [0.05, 0.1) is 0 Å². The molecule has 11 heavy (non-hydrogen) atoms. The predicted octanol–water partition coefficient (Wildman–Crippen LogP) is 3.78. The van der Waals surface area contributed by atoms with Crippen molar-refractivity contribution in [3.63, 3.8) is 0 Å². The molecule has 1 heteroatoms. The van der Waals surface area contributed by atoms with Crippen LogP contribution < -0.4 is 0 Å². The van der Waals surface area contributed by atoms with Crippen molar-refractivity contribution in [1.82, 2.24) is 0 Å². The molecule has 3 aliphatic carbocycles. The third-order valence-corrected chi connectivity index (χ3v) is 5.00. The molecule has 2 bridgehead atoms. The first-order chi connectivity index (χ1) is 5.14. The average Bonchev–Trinajstić information content (AvgIpc) is 1.84. The second-order valence-electron chi connectivity index (χ2n) is 4.56. The predicted molar refractivity (Wildman–Crippen MR) is 57.1 cm³/mol. The Morgan fingerprint density at radius 2 is 1.64 bits per heavy atom. The first kappa shape index (κ1) is 8.33. The summed E-state index contributed by atoms with van der Waals surface area (Å²) in [5.74, 6) is 1.04. The Morgan fingerprint density at radius 1 is 1.18 bits per heavy atom. The molecule has 3 saturated carbocycles. The molecule has 3 fully saturated rings. The van der Waals surface area contributed by atoms with Crippen molar-refractivity contribution in [1.29, 1.82) is 0 Å². The van der Waals surface area contributed by atoms with Gasteiger partial charge in [-0.05, 0) is 30.6 Å². The molecule has 0 N–H and O–H groups in total. The zero-order valence-electron chi connectivity index (χ0n) is 7.49. The zero-order chi connectivity index (χ0) is 8.11. The van der Waals surface area contributed by atoms with Crippen molar-refractivity contribution >= 4 is 22.6 Å². The number of alkyl halides is 1. The molecule has 0 radical (unpaired) electrons. The van der Waals surface area contributed by atoms with Crippen molar-refractivity contribution in [3.8, 4) is 0 Å². The van der Waals surface area contributed by atoms with Gasteiger partial charge in [-0.25, -0.2) is 0 Å². The van der Waals surface area contributed by atoms with E-state index in [9.17, 15) is 0 Å². The molecule has 0 amide bonds. The lowest BCUT2D eigenvalue weighted by atomic mass is 9.39. The number of hydrogen-bond donors (Lipinski definition) is 0. The summed E-state index contributed by atoms with van der Waals surface area (Å²) in [5, 5.41) is 0. The summed E-state index contributed by atoms with van der Waals surface area (Å²) in [5.41, 5.74) is 0.838. The van der Waals surface area contributed by atoms with Gasteiger partial charge in [0.15, 0.2) is 0 Å². The standard InChI is InChI=1S/C10H17I/c1-3-8(4-2)9-5-10(11,6-9)7-9/h8H,3-7H2,1-2H3. The van der Waals surface area contributed by atoms with Crippen LogP contribution in [0.2, 0.25) is 0 Å². The summed E-state index contributed by atoms with van der Waals surface area (Å²) in [4.78, 5) is 0. The molecule has 3 aliphatic rings. The quantitative estimate of drug-likeness (QED) is 0.537. The van der Waals surface area contributed by atoms with Gasteiger partial charge in [0, 0.05) is 3.42 Å². The minimum absolute atomic E-state index is 0.778. The Bertz CT molecular complexity index is 150. The lowest BCUT2D eigenvalue weighted by Crippen LogP contribution is -2.66. The van der Waals surface area contributed by atoms with Crippen LogP contribution in [-0.4, -0.2) is 3.42 Å². The topological polar surface area (TPSA) is 0 Å². The van der Waals surface area contributed by atoms with Gasteiger partial charge in [-0.3, -0.25) is 0 Å². The molecule has 0 unspecified atom stereocenters. The summed E-state index contributed by atoms with van der Waals surface area (Å²) in [7, 11) is 0. The molecule has 0 saturated heterocycles. The van der Waals surface area contributed by atoms with Gasteiger partial charge in [0.2, 0.25) is 0 Å². The number of rotatable bonds is 3. The molecule has 0 atom stereocenters. The highest BCUT2D eigenvalue weighted by molar-refractivity contribution is 14.1. The maximum atomic E-state index is 2.67. The monoisotopic (exact) mass is 264 g/mol. The van der Waals surface area contributed by atoms with E-state index < -0.39 is 0 Å². The van der Waals surface area contributed by atoms with Gasteiger partial charge in [-0.1, -0.05) is 49.3 Å². The van der Waals surface area contributed by atoms with Crippen molar-refractivity contribution in [2.45, 2.75) is 49.4 Å². The molecule has 3 rings (SSSR count). The van der Waals surface area contributed by atoms with E-state index in [2.05, 4.69) is 36.4 Å². The summed E-state index contributed by atoms with van der Waals surface area (Å²) in [6.07, 6.45) is 7.42. The normalized spacial score (nSPS) is 46.9. The van der Waals surface area contributed by atoms with Gasteiger partial charge in [-0.2, -0.15) is 0 Å². The largest absolute Gasteiger partial charge is 0.0788 e. The van der Waals surface area contributed by atoms with Gasteiger partial charge < -0.3 is 0 Å². The van der Waals surface area contributed by atoms with Gasteiger partial charge in [0.25, 0.3) is 0 Å². The van der Waals surface area contributed by atoms with E-state index in [1.165, 1.54) is 32.1 Å². The summed E-state index contributed by atoms with van der Waals surface area (Å²) in [6.45, 7) is 4.71. The van der Waals surface area contributed by atoms with Gasteiger partial charge in [-0.15, -0.1) is 0 Å². The van der Waals surface area contributed by atoms with E-state index in [1.807, 2.05) is 0 Å². The second kappa shape index (κ2) is 2.36. The van der Waals surface area contributed by atoms with Crippen LogP contribution in [-0.2, 0) is 0 Å². The molecule has 0 aromatic heterocycles. The highest BCUT2D eigenvalue weighted by Gasteiger charge is 2.68. The zero-order valence-corrected chi connectivity index (χ0v) is 9.65. The van der Waals surface area contributed by atoms with E-state index in [1.54, 1.807) is 0 Å². The Hall–Kier alpha value is 0.730. The maximum Gasteiger partial charge on any atom is 0.0238 e. The highest BCUT2D eigenvalue weighted by Crippen LogP contribution is 2.75. The number of halogens is 1. The Balaban J connectivity index is 1.97. The van der Waals surface area contributed by atoms with E-state index in [4.69, 9.17) is 0 Å². The van der Waals surface area contributed by atoms with Crippen LogP contribution in [0.1, 0.15) is 46.0 Å². The molecule has 0 nitrogen and oxygen atoms in total. The summed E-state index contributed by atoms with van der Waals surface area (Å²) < 4.78 is 0.778. The molecule has 0 aromatic rings. The fourth-order valence-electron chi connectivity index (χ4n) is 3.33. The third-order valence-electron chi connectivity index (χ3n) is 3.86. The Kier molecular flexibility index (Phi) is 1.79. The minimum atomic E-state index is 0.778. The van der Waals surface area contributed by atoms with Crippen LogP contribution in [0.25, 0.3) is 0 Å². The van der Waals surface area contributed by atoms with E-state index in [0.717, 1.165) is 14.8 Å². The molecule has 0 aliphatic heterocycles. The van der Waals surface area contributed by atoms with Crippen molar-refractivity contribution < 1.29 is 0 Å². The van der Waals surface area contributed by atoms with E-state index >= 15 is 0 Å². The highest BCUT2D eigenvalue weighted by atomic mass is 127. The molecule has 0 heterocycles. The van der Waals surface area contributed by atoms with Crippen LogP contribution in [0.15, 0.2) is 0 Å². The molecular weight excluding hydrogens is 247 g/mol. The molecular formula is C10H17I.